The molecule has 3 aromatic carbocycles. The van der Waals surface area contributed by atoms with Crippen LogP contribution in [0.5, 0.6) is 11.5 Å². The van der Waals surface area contributed by atoms with Crippen LogP contribution in [0, 0.1) is 0 Å². The van der Waals surface area contributed by atoms with E-state index in [-0.39, 0.29) is 11.8 Å². The molecule has 1 heterocycles. The highest BCUT2D eigenvalue weighted by Crippen LogP contribution is 2.30. The Labute approximate surface area is 198 Å². The highest BCUT2D eigenvalue weighted by atomic mass is 32.1. The third-order valence-corrected chi connectivity index (χ3v) is 6.04. The number of carbonyl (C=O) groups excluding carboxylic acids is 1. The molecule has 0 fully saturated rings. The zero-order valence-electron chi connectivity index (χ0n) is 18.4. The summed E-state index contributed by atoms with van der Waals surface area (Å²) in [6.45, 7) is 0.906. The van der Waals surface area contributed by atoms with Gasteiger partial charge in [0.15, 0.2) is 11.5 Å². The van der Waals surface area contributed by atoms with Crippen molar-refractivity contribution in [3.8, 4) is 11.5 Å². The van der Waals surface area contributed by atoms with Crippen molar-refractivity contribution in [3.63, 3.8) is 0 Å². The van der Waals surface area contributed by atoms with Crippen LogP contribution in [0.4, 0.5) is 0 Å². The Morgan fingerprint density at radius 1 is 0.970 bits per heavy atom. The molecule has 0 aliphatic carbocycles. The maximum absolute atomic E-state index is 12.8. The number of aromatic nitrogens is 1. The van der Waals surface area contributed by atoms with Crippen molar-refractivity contribution in [1.29, 1.82) is 0 Å². The van der Waals surface area contributed by atoms with E-state index < -0.39 is 0 Å². The van der Waals surface area contributed by atoms with E-state index in [0.29, 0.717) is 30.2 Å². The Balaban J connectivity index is 1.39. The number of ether oxygens (including phenoxy) is 2. The molecule has 0 aliphatic rings. The molecule has 0 bridgehead atoms. The Bertz CT molecular complexity index is 1110. The second-order valence-electron chi connectivity index (χ2n) is 7.55. The van der Waals surface area contributed by atoms with Gasteiger partial charge in [-0.25, -0.2) is 4.98 Å². The quantitative estimate of drug-likeness (QED) is 0.332. The van der Waals surface area contributed by atoms with E-state index in [1.54, 1.807) is 30.8 Å². The van der Waals surface area contributed by atoms with Crippen LogP contribution in [0.1, 0.15) is 39.5 Å². The van der Waals surface area contributed by atoms with Gasteiger partial charge in [0.2, 0.25) is 0 Å². The van der Waals surface area contributed by atoms with Gasteiger partial charge < -0.3 is 14.8 Å². The summed E-state index contributed by atoms with van der Waals surface area (Å²) in [5, 5.41) is 4.99. The molecule has 0 radical (unpaired) electrons. The number of nitrogens with one attached hydrogen (secondary N) is 1. The molecule has 0 atom stereocenters. The number of hydrogen-bond acceptors (Lipinski definition) is 5. The molecule has 0 unspecified atom stereocenters. The predicted molar refractivity (Wildman–Crippen MR) is 131 cm³/mol. The topological polar surface area (TPSA) is 60.5 Å². The van der Waals surface area contributed by atoms with Gasteiger partial charge in [0, 0.05) is 23.4 Å². The summed E-state index contributed by atoms with van der Waals surface area (Å²) >= 11 is 1.52. The molecular weight excluding hydrogens is 432 g/mol. The van der Waals surface area contributed by atoms with E-state index in [0.717, 1.165) is 12.1 Å². The molecule has 4 aromatic rings. The number of benzene rings is 3. The summed E-state index contributed by atoms with van der Waals surface area (Å²) in [5.41, 5.74) is 5.63. The first-order valence-corrected chi connectivity index (χ1v) is 11.7. The van der Waals surface area contributed by atoms with Gasteiger partial charge in [0.05, 0.1) is 18.3 Å². The minimum Gasteiger partial charge on any atom is -0.493 e. The van der Waals surface area contributed by atoms with Crippen LogP contribution in [0.15, 0.2) is 89.8 Å². The molecule has 168 valence electrons. The molecule has 0 aliphatic heterocycles. The Morgan fingerprint density at radius 3 is 2.27 bits per heavy atom. The van der Waals surface area contributed by atoms with Crippen LogP contribution in [-0.4, -0.2) is 24.5 Å². The third kappa shape index (κ3) is 5.99. The van der Waals surface area contributed by atoms with Crippen LogP contribution in [0.3, 0.4) is 0 Å². The zero-order valence-corrected chi connectivity index (χ0v) is 19.3. The molecule has 1 aromatic heterocycles. The lowest BCUT2D eigenvalue weighted by molar-refractivity contribution is 0.0952. The second-order valence-corrected chi connectivity index (χ2v) is 8.27. The van der Waals surface area contributed by atoms with Crippen molar-refractivity contribution in [2.75, 3.05) is 13.7 Å². The fraction of sp³-hybridized carbons (Fsp3) is 0.185. The molecule has 4 rings (SSSR count). The van der Waals surface area contributed by atoms with Crippen LogP contribution < -0.4 is 14.8 Å². The smallest absolute Gasteiger partial charge is 0.251 e. The lowest BCUT2D eigenvalue weighted by atomic mass is 9.88. The lowest BCUT2D eigenvalue weighted by Crippen LogP contribution is -2.26. The fourth-order valence-electron chi connectivity index (χ4n) is 3.72. The fourth-order valence-corrected chi connectivity index (χ4v) is 4.26. The largest absolute Gasteiger partial charge is 0.493 e. The van der Waals surface area contributed by atoms with Crippen molar-refractivity contribution in [1.82, 2.24) is 10.3 Å². The van der Waals surface area contributed by atoms with Gasteiger partial charge >= 0.3 is 0 Å². The first-order valence-electron chi connectivity index (χ1n) is 10.8. The zero-order chi connectivity index (χ0) is 22.9. The standard InChI is InChI=1S/C27H26N2O3S/c1-31-26-16-22(12-13-25(26)32-17-23-18-33-19-29-23)27(30)28-15-14-24(20-8-4-2-5-9-20)21-10-6-3-7-11-21/h2-13,16,18-19,24H,14-15,17H2,1H3,(H,28,30). The van der Waals surface area contributed by atoms with Crippen LogP contribution >= 0.6 is 11.3 Å². The molecular formula is C27H26N2O3S. The molecule has 0 saturated heterocycles. The number of carbonyl (C=O) groups is 1. The van der Waals surface area contributed by atoms with Crippen molar-refractivity contribution < 1.29 is 14.3 Å². The first-order chi connectivity index (χ1) is 16.2. The number of methoxy groups -OCH3 is 1. The van der Waals surface area contributed by atoms with Crippen molar-refractivity contribution in [2.45, 2.75) is 18.9 Å². The van der Waals surface area contributed by atoms with E-state index in [1.807, 2.05) is 41.8 Å². The maximum Gasteiger partial charge on any atom is 0.251 e. The number of hydrogen-bond donors (Lipinski definition) is 1. The van der Waals surface area contributed by atoms with Gasteiger partial charge in [0.25, 0.3) is 5.91 Å². The van der Waals surface area contributed by atoms with Crippen LogP contribution in [0.2, 0.25) is 0 Å². The van der Waals surface area contributed by atoms with E-state index in [4.69, 9.17) is 9.47 Å². The highest BCUT2D eigenvalue weighted by Gasteiger charge is 2.16. The van der Waals surface area contributed by atoms with Gasteiger partial charge in [-0.1, -0.05) is 60.7 Å². The molecule has 5 nitrogen and oxygen atoms in total. The van der Waals surface area contributed by atoms with Crippen molar-refractivity contribution in [2.24, 2.45) is 0 Å². The summed E-state index contributed by atoms with van der Waals surface area (Å²) in [4.78, 5) is 17.0. The molecule has 6 heteroatoms. The molecule has 1 N–H and O–H groups in total. The summed E-state index contributed by atoms with van der Waals surface area (Å²) < 4.78 is 11.2. The summed E-state index contributed by atoms with van der Waals surface area (Å²) in [6, 6.07) is 26.0. The Kier molecular flexibility index (Phi) is 7.72. The van der Waals surface area contributed by atoms with Crippen molar-refractivity contribution in [3.05, 3.63) is 112 Å². The van der Waals surface area contributed by atoms with Gasteiger partial charge in [-0.15, -0.1) is 11.3 Å². The second kappa shape index (κ2) is 11.3. The summed E-state index contributed by atoms with van der Waals surface area (Å²) in [5.74, 6) is 1.17. The van der Waals surface area contributed by atoms with Gasteiger partial charge in [0.1, 0.15) is 6.61 Å². The third-order valence-electron chi connectivity index (χ3n) is 5.41. The van der Waals surface area contributed by atoms with Crippen molar-refractivity contribution >= 4 is 17.2 Å². The monoisotopic (exact) mass is 458 g/mol. The number of amides is 1. The van der Waals surface area contributed by atoms with Crippen LogP contribution in [0.25, 0.3) is 0 Å². The minimum absolute atomic E-state index is 0.140. The number of nitrogens with zero attached hydrogens (tertiary/aromatic N) is 1. The Hall–Kier alpha value is -3.64. The maximum atomic E-state index is 12.8. The minimum atomic E-state index is -0.140. The van der Waals surface area contributed by atoms with E-state index >= 15 is 0 Å². The first kappa shape index (κ1) is 22.6. The van der Waals surface area contributed by atoms with E-state index in [1.165, 1.54) is 22.5 Å². The predicted octanol–water partition coefficient (Wildman–Crippen LogP) is 5.68. The Morgan fingerprint density at radius 2 is 1.67 bits per heavy atom. The SMILES string of the molecule is COc1cc(C(=O)NCCC(c2ccccc2)c2ccccc2)ccc1OCc1cscn1. The van der Waals surface area contributed by atoms with E-state index in [9.17, 15) is 4.79 Å². The average molecular weight is 459 g/mol. The van der Waals surface area contributed by atoms with Gasteiger partial charge in [-0.05, 0) is 35.7 Å². The molecule has 0 saturated carbocycles. The normalized spacial score (nSPS) is 10.7. The molecule has 1 amide bonds. The van der Waals surface area contributed by atoms with E-state index in [2.05, 4.69) is 34.6 Å². The summed E-state index contributed by atoms with van der Waals surface area (Å²) in [6.07, 6.45) is 0.797. The van der Waals surface area contributed by atoms with Gasteiger partial charge in [-0.3, -0.25) is 4.79 Å². The number of thiazole rings is 1. The van der Waals surface area contributed by atoms with Gasteiger partial charge in [-0.2, -0.15) is 0 Å². The molecule has 33 heavy (non-hydrogen) atoms. The highest BCUT2D eigenvalue weighted by molar-refractivity contribution is 7.07. The number of rotatable bonds is 10. The van der Waals surface area contributed by atoms with Crippen LogP contribution in [-0.2, 0) is 6.61 Å². The molecule has 0 spiro atoms. The lowest BCUT2D eigenvalue weighted by Gasteiger charge is -2.18. The average Bonchev–Trinajstić information content (AvgIpc) is 3.40. The summed E-state index contributed by atoms with van der Waals surface area (Å²) in [7, 11) is 1.57.